The van der Waals surface area contributed by atoms with Gasteiger partial charge in [-0.1, -0.05) is 19.1 Å². The van der Waals surface area contributed by atoms with Crippen molar-refractivity contribution in [2.75, 3.05) is 6.61 Å². The number of rotatable bonds is 1. The van der Waals surface area contributed by atoms with Gasteiger partial charge in [0.15, 0.2) is 0 Å². The van der Waals surface area contributed by atoms with Crippen molar-refractivity contribution in [2.24, 2.45) is 22.7 Å². The highest BCUT2D eigenvalue weighted by atomic mass is 16.6. The van der Waals surface area contributed by atoms with Gasteiger partial charge in [0.25, 0.3) is 0 Å². The van der Waals surface area contributed by atoms with Crippen molar-refractivity contribution in [1.82, 2.24) is 0 Å². The fourth-order valence-corrected chi connectivity index (χ4v) is 6.05. The van der Waals surface area contributed by atoms with Gasteiger partial charge in [-0.15, -0.1) is 0 Å². The largest absolute Gasteiger partial charge is 0.472 e. The summed E-state index contributed by atoms with van der Waals surface area (Å²) in [6, 6.07) is 1.79. The van der Waals surface area contributed by atoms with E-state index in [1.807, 2.05) is 19.1 Å². The molecule has 6 atom stereocenters. The maximum absolute atomic E-state index is 12.8. The molecule has 2 aliphatic heterocycles. The van der Waals surface area contributed by atoms with E-state index in [0.29, 0.717) is 25.7 Å². The van der Waals surface area contributed by atoms with Gasteiger partial charge in [-0.3, -0.25) is 9.59 Å². The summed E-state index contributed by atoms with van der Waals surface area (Å²) in [5.41, 5.74) is -1.78. The summed E-state index contributed by atoms with van der Waals surface area (Å²) in [5, 5.41) is 12.0. The Kier molecular flexibility index (Phi) is 3.10. The zero-order valence-corrected chi connectivity index (χ0v) is 14.6. The van der Waals surface area contributed by atoms with Crippen LogP contribution in [-0.2, 0) is 19.1 Å². The summed E-state index contributed by atoms with van der Waals surface area (Å²) in [6.45, 7) is 2.19. The first kappa shape index (κ1) is 16.1. The third kappa shape index (κ3) is 1.71. The smallest absolute Gasteiger partial charge is 0.313 e. The highest BCUT2D eigenvalue weighted by Gasteiger charge is 2.73. The van der Waals surface area contributed by atoms with Crippen molar-refractivity contribution in [3.8, 4) is 0 Å². The molecule has 2 saturated heterocycles. The standard InChI is InChI=1S/C20H22O6/c1-18-9-15(12-5-8-24-10-12)26-17(22)13(18)4-7-19-11-25-16(21)14(19)3-2-6-20(18,19)23/h2-3,5,8,10,13-15,23H,4,6-7,9,11H2,1H3/t13-,14-,15+,18-,19+,20-/m0/s1. The number of ether oxygens (including phenoxy) is 2. The first-order chi connectivity index (χ1) is 12.4. The lowest BCUT2D eigenvalue weighted by Gasteiger charge is -2.64. The van der Waals surface area contributed by atoms with Gasteiger partial charge in [-0.2, -0.15) is 0 Å². The molecule has 3 fully saturated rings. The third-order valence-electron chi connectivity index (χ3n) is 7.55. The van der Waals surface area contributed by atoms with E-state index in [0.717, 1.165) is 5.56 Å². The molecule has 1 N–H and O–H groups in total. The molecule has 0 aromatic carbocycles. The first-order valence-electron chi connectivity index (χ1n) is 9.20. The molecule has 26 heavy (non-hydrogen) atoms. The van der Waals surface area contributed by atoms with Crippen molar-refractivity contribution in [3.63, 3.8) is 0 Å². The van der Waals surface area contributed by atoms with Crippen LogP contribution in [0.3, 0.4) is 0 Å². The van der Waals surface area contributed by atoms with E-state index in [2.05, 4.69) is 0 Å². The van der Waals surface area contributed by atoms with Crippen LogP contribution in [0.2, 0.25) is 0 Å². The summed E-state index contributed by atoms with van der Waals surface area (Å²) in [6.07, 6.45) is 8.51. The lowest BCUT2D eigenvalue weighted by atomic mass is 9.42. The number of cyclic esters (lactones) is 2. The van der Waals surface area contributed by atoms with Crippen molar-refractivity contribution in [1.29, 1.82) is 0 Å². The molecule has 6 heteroatoms. The minimum atomic E-state index is -1.20. The van der Waals surface area contributed by atoms with Crippen molar-refractivity contribution < 1.29 is 28.6 Å². The molecule has 1 aromatic rings. The van der Waals surface area contributed by atoms with Crippen LogP contribution < -0.4 is 0 Å². The Bertz CT molecular complexity index is 797. The van der Waals surface area contributed by atoms with Crippen molar-refractivity contribution in [3.05, 3.63) is 36.3 Å². The molecule has 138 valence electrons. The van der Waals surface area contributed by atoms with Gasteiger partial charge in [0.05, 0.1) is 35.4 Å². The van der Waals surface area contributed by atoms with Gasteiger partial charge in [-0.25, -0.2) is 0 Å². The van der Waals surface area contributed by atoms with Crippen LogP contribution in [0.4, 0.5) is 0 Å². The molecular formula is C20H22O6. The topological polar surface area (TPSA) is 86.0 Å². The minimum absolute atomic E-state index is 0.213. The SMILES string of the molecule is C[C@]12C[C@H](c3ccoc3)OC(=O)[C@@H]1CC[C@@]13COC(=O)[C@@H]1C=CC[C@@]32O. The Hall–Kier alpha value is -2.08. The summed E-state index contributed by atoms with van der Waals surface area (Å²) >= 11 is 0. The number of hydrogen-bond acceptors (Lipinski definition) is 6. The quantitative estimate of drug-likeness (QED) is 0.613. The minimum Gasteiger partial charge on any atom is -0.472 e. The first-order valence-corrected chi connectivity index (χ1v) is 9.20. The average molecular weight is 358 g/mol. The Labute approximate surface area is 151 Å². The highest BCUT2D eigenvalue weighted by Crippen LogP contribution is 2.68. The van der Waals surface area contributed by atoms with Gasteiger partial charge in [0.2, 0.25) is 0 Å². The van der Waals surface area contributed by atoms with E-state index in [-0.39, 0.29) is 24.5 Å². The average Bonchev–Trinajstić information content (AvgIpc) is 3.24. The van der Waals surface area contributed by atoms with Crippen molar-refractivity contribution in [2.45, 2.75) is 44.3 Å². The Morgan fingerprint density at radius 2 is 2.12 bits per heavy atom. The number of carbonyl (C=O) groups is 2. The van der Waals surface area contributed by atoms with Crippen LogP contribution in [0.15, 0.2) is 35.2 Å². The fourth-order valence-electron chi connectivity index (χ4n) is 6.05. The zero-order valence-electron chi connectivity index (χ0n) is 14.6. The van der Waals surface area contributed by atoms with Gasteiger partial charge in [0.1, 0.15) is 12.7 Å². The predicted octanol–water partition coefficient (Wildman–Crippen LogP) is 2.53. The molecular weight excluding hydrogens is 336 g/mol. The normalized spacial score (nSPS) is 46.8. The molecule has 0 amide bonds. The van der Waals surface area contributed by atoms with Crippen molar-refractivity contribution >= 4 is 11.9 Å². The van der Waals surface area contributed by atoms with Gasteiger partial charge < -0.3 is 19.0 Å². The molecule has 6 nitrogen and oxygen atoms in total. The number of furan rings is 1. The zero-order chi connectivity index (χ0) is 18.2. The van der Waals surface area contributed by atoms with Gasteiger partial charge in [-0.05, 0) is 31.7 Å². The van der Waals surface area contributed by atoms with Crippen LogP contribution >= 0.6 is 0 Å². The predicted molar refractivity (Wildman–Crippen MR) is 88.6 cm³/mol. The molecule has 0 radical (unpaired) electrons. The number of carbonyl (C=O) groups excluding carboxylic acids is 2. The van der Waals surface area contributed by atoms with Gasteiger partial charge >= 0.3 is 11.9 Å². The molecule has 1 saturated carbocycles. The number of aliphatic hydroxyl groups is 1. The number of fused-ring (bicyclic) bond motifs is 2. The maximum atomic E-state index is 12.8. The van der Waals surface area contributed by atoms with Crippen LogP contribution in [0, 0.1) is 22.7 Å². The van der Waals surface area contributed by atoms with Crippen LogP contribution in [0.25, 0.3) is 0 Å². The number of hydrogen-bond donors (Lipinski definition) is 1. The monoisotopic (exact) mass is 358 g/mol. The molecule has 1 spiro atoms. The van der Waals surface area contributed by atoms with E-state index >= 15 is 0 Å². The summed E-state index contributed by atoms with van der Waals surface area (Å²) < 4.78 is 16.2. The lowest BCUT2D eigenvalue weighted by molar-refractivity contribution is -0.257. The van der Waals surface area contributed by atoms with Crippen LogP contribution in [0.1, 0.15) is 44.3 Å². The molecule has 2 aliphatic carbocycles. The molecule has 0 unspecified atom stereocenters. The Morgan fingerprint density at radius 1 is 1.27 bits per heavy atom. The van der Waals surface area contributed by atoms with E-state index < -0.39 is 28.5 Å². The van der Waals surface area contributed by atoms with Crippen LogP contribution in [0.5, 0.6) is 0 Å². The molecule has 0 bridgehead atoms. The summed E-state index contributed by atoms with van der Waals surface area (Å²) in [5.74, 6) is -1.37. The van der Waals surface area contributed by atoms with Gasteiger partial charge in [0, 0.05) is 11.0 Å². The number of esters is 2. The molecule has 1 aromatic heterocycles. The van der Waals surface area contributed by atoms with E-state index in [1.165, 1.54) is 0 Å². The van der Waals surface area contributed by atoms with E-state index in [9.17, 15) is 14.7 Å². The summed E-state index contributed by atoms with van der Waals surface area (Å²) in [7, 11) is 0. The van der Waals surface area contributed by atoms with Crippen LogP contribution in [-0.4, -0.2) is 29.3 Å². The molecule has 3 heterocycles. The Balaban J connectivity index is 1.62. The second kappa shape index (κ2) is 5.00. The molecule has 5 rings (SSSR count). The van der Waals surface area contributed by atoms with E-state index in [4.69, 9.17) is 13.9 Å². The lowest BCUT2D eigenvalue weighted by Crippen LogP contribution is -2.70. The molecule has 4 aliphatic rings. The highest BCUT2D eigenvalue weighted by molar-refractivity contribution is 5.80. The maximum Gasteiger partial charge on any atom is 0.313 e. The second-order valence-corrected chi connectivity index (χ2v) is 8.43. The summed E-state index contributed by atoms with van der Waals surface area (Å²) in [4.78, 5) is 25.1. The third-order valence-corrected chi connectivity index (χ3v) is 7.55. The second-order valence-electron chi connectivity index (χ2n) is 8.43. The fraction of sp³-hybridized carbons (Fsp3) is 0.600. The van der Waals surface area contributed by atoms with E-state index in [1.54, 1.807) is 18.6 Å². The Morgan fingerprint density at radius 3 is 2.88 bits per heavy atom.